The van der Waals surface area contributed by atoms with Gasteiger partial charge in [-0.1, -0.05) is 6.42 Å². The van der Waals surface area contributed by atoms with E-state index in [1.807, 2.05) is 13.1 Å². The van der Waals surface area contributed by atoms with Gasteiger partial charge in [0.1, 0.15) is 0 Å². The van der Waals surface area contributed by atoms with Gasteiger partial charge >= 0.3 is 12.0 Å². The van der Waals surface area contributed by atoms with E-state index in [1.54, 1.807) is 10.9 Å². The van der Waals surface area contributed by atoms with Gasteiger partial charge in [-0.05, 0) is 30.7 Å². The molecule has 1 aliphatic carbocycles. The number of aryl methyl sites for hydroxylation is 1. The number of nitrogens with zero attached hydrogens (tertiary/aromatic N) is 2. The highest BCUT2D eigenvalue weighted by Gasteiger charge is 2.39. The molecule has 1 heterocycles. The van der Waals surface area contributed by atoms with E-state index in [2.05, 4.69) is 15.7 Å². The highest BCUT2D eigenvalue weighted by atomic mass is 16.4. The summed E-state index contributed by atoms with van der Waals surface area (Å²) in [5, 5.41) is 18.6. The molecule has 0 aliphatic heterocycles. The first-order valence-corrected chi connectivity index (χ1v) is 7.22. The molecule has 1 fully saturated rings. The van der Waals surface area contributed by atoms with Gasteiger partial charge in [-0.25, -0.2) is 4.79 Å². The van der Waals surface area contributed by atoms with Crippen molar-refractivity contribution >= 4 is 12.0 Å². The number of hydrogen-bond acceptors (Lipinski definition) is 3. The lowest BCUT2D eigenvalue weighted by atomic mass is 9.66. The Morgan fingerprint density at radius 3 is 2.71 bits per heavy atom. The molecule has 1 aromatic rings. The van der Waals surface area contributed by atoms with E-state index < -0.39 is 5.97 Å². The fourth-order valence-corrected chi connectivity index (χ4v) is 2.62. The Kier molecular flexibility index (Phi) is 4.82. The average Bonchev–Trinajstić information content (AvgIpc) is 2.78. The molecule has 21 heavy (non-hydrogen) atoms. The van der Waals surface area contributed by atoms with Crippen LogP contribution in [0.15, 0.2) is 12.4 Å². The predicted molar refractivity (Wildman–Crippen MR) is 76.9 cm³/mol. The smallest absolute Gasteiger partial charge is 0.314 e. The number of hydrogen-bond donors (Lipinski definition) is 3. The molecule has 1 aromatic heterocycles. The number of nitrogens with one attached hydrogen (secondary N) is 2. The van der Waals surface area contributed by atoms with E-state index in [0.29, 0.717) is 19.6 Å². The Morgan fingerprint density at radius 1 is 1.43 bits per heavy atom. The zero-order valence-corrected chi connectivity index (χ0v) is 12.3. The standard InChI is InChI=1S/C14H22N4O3/c1-11-8-17-18(9-11)6-5-15-13(21)16-10-14(3-2-4-14)7-12(19)20/h8-9H,2-7,10H2,1H3,(H,19,20)(H2,15,16,21). The van der Waals surface area contributed by atoms with Crippen molar-refractivity contribution in [3.63, 3.8) is 0 Å². The first-order chi connectivity index (χ1) is 9.99. The maximum Gasteiger partial charge on any atom is 0.314 e. The molecule has 0 atom stereocenters. The highest BCUT2D eigenvalue weighted by Crippen LogP contribution is 2.43. The first kappa shape index (κ1) is 15.3. The second-order valence-corrected chi connectivity index (χ2v) is 5.81. The van der Waals surface area contributed by atoms with Crippen LogP contribution in [0.3, 0.4) is 0 Å². The summed E-state index contributed by atoms with van der Waals surface area (Å²) in [5.74, 6) is -0.800. The van der Waals surface area contributed by atoms with Crippen molar-refractivity contribution in [2.24, 2.45) is 5.41 Å². The summed E-state index contributed by atoms with van der Waals surface area (Å²) in [4.78, 5) is 22.6. The summed E-state index contributed by atoms with van der Waals surface area (Å²) in [6, 6.07) is -0.254. The maximum atomic E-state index is 11.7. The number of carboxylic acid groups (broad SMARTS) is 1. The second kappa shape index (κ2) is 6.60. The quantitative estimate of drug-likeness (QED) is 0.702. The van der Waals surface area contributed by atoms with Gasteiger partial charge in [-0.15, -0.1) is 0 Å². The SMILES string of the molecule is Cc1cnn(CCNC(=O)NCC2(CC(=O)O)CCC2)c1. The maximum absolute atomic E-state index is 11.7. The van der Waals surface area contributed by atoms with E-state index in [1.165, 1.54) is 0 Å². The topological polar surface area (TPSA) is 96.3 Å². The molecule has 7 nitrogen and oxygen atoms in total. The minimum Gasteiger partial charge on any atom is -0.481 e. The fraction of sp³-hybridized carbons (Fsp3) is 0.643. The summed E-state index contributed by atoms with van der Waals surface area (Å²) in [6.45, 7) is 3.48. The number of carboxylic acids is 1. The highest BCUT2D eigenvalue weighted by molar-refractivity contribution is 5.74. The molecule has 0 saturated heterocycles. The third-order valence-electron chi connectivity index (χ3n) is 3.95. The van der Waals surface area contributed by atoms with Crippen LogP contribution in [0.4, 0.5) is 4.79 Å². The van der Waals surface area contributed by atoms with Crippen molar-refractivity contribution in [1.82, 2.24) is 20.4 Å². The molecule has 1 saturated carbocycles. The second-order valence-electron chi connectivity index (χ2n) is 5.81. The van der Waals surface area contributed by atoms with Crippen molar-refractivity contribution < 1.29 is 14.7 Å². The van der Waals surface area contributed by atoms with Crippen molar-refractivity contribution in [3.8, 4) is 0 Å². The number of carbonyl (C=O) groups is 2. The van der Waals surface area contributed by atoms with Crippen LogP contribution in [0.2, 0.25) is 0 Å². The Balaban J connectivity index is 1.66. The molecular weight excluding hydrogens is 272 g/mol. The fourth-order valence-electron chi connectivity index (χ4n) is 2.62. The van der Waals surface area contributed by atoms with Crippen LogP contribution in [0.5, 0.6) is 0 Å². The number of rotatable bonds is 7. The van der Waals surface area contributed by atoms with Gasteiger partial charge in [-0.3, -0.25) is 9.48 Å². The Bertz CT molecular complexity index is 508. The van der Waals surface area contributed by atoms with Crippen LogP contribution in [0.25, 0.3) is 0 Å². The van der Waals surface area contributed by atoms with Gasteiger partial charge in [0.2, 0.25) is 0 Å². The third kappa shape index (κ3) is 4.47. The van der Waals surface area contributed by atoms with Crippen LogP contribution in [0.1, 0.15) is 31.2 Å². The monoisotopic (exact) mass is 294 g/mol. The zero-order valence-electron chi connectivity index (χ0n) is 12.3. The first-order valence-electron chi connectivity index (χ1n) is 7.22. The molecule has 0 unspecified atom stereocenters. The van der Waals surface area contributed by atoms with Gasteiger partial charge in [0.05, 0.1) is 19.2 Å². The lowest BCUT2D eigenvalue weighted by Crippen LogP contribution is -2.47. The van der Waals surface area contributed by atoms with E-state index in [0.717, 1.165) is 24.8 Å². The van der Waals surface area contributed by atoms with Gasteiger partial charge in [0.25, 0.3) is 0 Å². The van der Waals surface area contributed by atoms with Crippen molar-refractivity contribution in [1.29, 1.82) is 0 Å². The molecule has 116 valence electrons. The molecule has 3 N–H and O–H groups in total. The summed E-state index contributed by atoms with van der Waals surface area (Å²) >= 11 is 0. The van der Waals surface area contributed by atoms with Crippen LogP contribution in [0, 0.1) is 12.3 Å². The number of aromatic nitrogens is 2. The molecule has 2 amide bonds. The van der Waals surface area contributed by atoms with Crippen molar-refractivity contribution in [3.05, 3.63) is 18.0 Å². The minimum absolute atomic E-state index is 0.125. The number of urea groups is 1. The number of aliphatic carboxylic acids is 1. The van der Waals surface area contributed by atoms with Crippen molar-refractivity contribution in [2.45, 2.75) is 39.2 Å². The zero-order chi connectivity index (χ0) is 15.3. The largest absolute Gasteiger partial charge is 0.481 e. The minimum atomic E-state index is -0.800. The Labute approximate surface area is 123 Å². The van der Waals surface area contributed by atoms with Crippen LogP contribution >= 0.6 is 0 Å². The summed E-state index contributed by atoms with van der Waals surface area (Å²) in [5.41, 5.74) is 0.836. The summed E-state index contributed by atoms with van der Waals surface area (Å²) in [6.07, 6.45) is 6.58. The van der Waals surface area contributed by atoms with E-state index >= 15 is 0 Å². The molecule has 7 heteroatoms. The van der Waals surface area contributed by atoms with E-state index in [9.17, 15) is 9.59 Å². The molecular formula is C14H22N4O3. The molecule has 1 aliphatic rings. The Morgan fingerprint density at radius 2 is 2.19 bits per heavy atom. The third-order valence-corrected chi connectivity index (χ3v) is 3.95. The number of carbonyl (C=O) groups excluding carboxylic acids is 1. The van der Waals surface area contributed by atoms with Gasteiger partial charge in [-0.2, -0.15) is 5.10 Å². The summed E-state index contributed by atoms with van der Waals surface area (Å²) in [7, 11) is 0. The molecule has 0 aromatic carbocycles. The van der Waals surface area contributed by atoms with Gasteiger partial charge < -0.3 is 15.7 Å². The van der Waals surface area contributed by atoms with Crippen LogP contribution < -0.4 is 10.6 Å². The number of amides is 2. The molecule has 0 radical (unpaired) electrons. The Hall–Kier alpha value is -2.05. The lowest BCUT2D eigenvalue weighted by Gasteiger charge is -2.40. The van der Waals surface area contributed by atoms with Crippen LogP contribution in [-0.4, -0.2) is 40.0 Å². The molecule has 0 bridgehead atoms. The van der Waals surface area contributed by atoms with Gasteiger partial charge in [0, 0.05) is 19.3 Å². The normalized spacial score (nSPS) is 16.0. The summed E-state index contributed by atoms with van der Waals surface area (Å²) < 4.78 is 1.77. The van der Waals surface area contributed by atoms with Crippen LogP contribution in [-0.2, 0) is 11.3 Å². The van der Waals surface area contributed by atoms with E-state index in [-0.39, 0.29) is 17.9 Å². The van der Waals surface area contributed by atoms with E-state index in [4.69, 9.17) is 5.11 Å². The molecule has 0 spiro atoms. The van der Waals surface area contributed by atoms with Gasteiger partial charge in [0.15, 0.2) is 0 Å². The average molecular weight is 294 g/mol. The van der Waals surface area contributed by atoms with Crippen molar-refractivity contribution in [2.75, 3.05) is 13.1 Å². The molecule has 2 rings (SSSR count). The predicted octanol–water partition coefficient (Wildman–Crippen LogP) is 1.14. The lowest BCUT2D eigenvalue weighted by molar-refractivity contribution is -0.141.